The number of methoxy groups -OCH3 is 1. The number of pyridine rings is 1. The van der Waals surface area contributed by atoms with Crippen LogP contribution in [0.25, 0.3) is 11.1 Å². The van der Waals surface area contributed by atoms with E-state index in [4.69, 9.17) is 21.1 Å². The molecular weight excluding hydrogens is 385 g/mol. The Morgan fingerprint density at radius 1 is 1.14 bits per heavy atom. The van der Waals surface area contributed by atoms with Crippen LogP contribution in [0, 0.1) is 5.82 Å². The minimum atomic E-state index is -0.692. The molecule has 0 bridgehead atoms. The summed E-state index contributed by atoms with van der Waals surface area (Å²) in [5.41, 5.74) is 1.42. The van der Waals surface area contributed by atoms with Crippen molar-refractivity contribution in [1.82, 2.24) is 4.98 Å². The molecule has 0 aliphatic heterocycles. The van der Waals surface area contributed by atoms with Crippen LogP contribution in [0.2, 0.25) is 5.15 Å². The van der Waals surface area contributed by atoms with Crippen LogP contribution >= 0.6 is 11.6 Å². The van der Waals surface area contributed by atoms with Gasteiger partial charge in [0, 0.05) is 11.5 Å². The molecule has 0 saturated heterocycles. The molecule has 3 rings (SSSR count). The summed E-state index contributed by atoms with van der Waals surface area (Å²) >= 11 is 6.41. The third kappa shape index (κ3) is 3.87. The number of nitrogens with zero attached hydrogens (tertiary/aromatic N) is 1. The molecule has 0 amide bonds. The highest BCUT2D eigenvalue weighted by atomic mass is 35.5. The van der Waals surface area contributed by atoms with Gasteiger partial charge in [-0.1, -0.05) is 36.6 Å². The fourth-order valence-corrected chi connectivity index (χ4v) is 3.93. The Morgan fingerprint density at radius 2 is 1.79 bits per heavy atom. The van der Waals surface area contributed by atoms with Gasteiger partial charge < -0.3 is 9.47 Å². The molecule has 0 radical (unpaired) electrons. The average Bonchev–Trinajstić information content (AvgIpc) is 3.22. The molecule has 148 valence electrons. The van der Waals surface area contributed by atoms with Crippen LogP contribution in [-0.4, -0.2) is 30.6 Å². The Balaban J connectivity index is 2.35. The molecule has 0 N–H and O–H groups in total. The van der Waals surface area contributed by atoms with E-state index >= 15 is 0 Å². The third-order valence-corrected chi connectivity index (χ3v) is 5.20. The quantitative estimate of drug-likeness (QED) is 0.507. The number of carbonyl (C=O) groups is 2. The van der Waals surface area contributed by atoms with Gasteiger partial charge in [-0.3, -0.25) is 0 Å². The number of hydrogen-bond donors (Lipinski definition) is 0. The zero-order valence-corrected chi connectivity index (χ0v) is 16.5. The van der Waals surface area contributed by atoms with E-state index in [1.165, 1.54) is 31.4 Å². The van der Waals surface area contributed by atoms with Crippen LogP contribution in [0.5, 0.6) is 0 Å². The minimum absolute atomic E-state index is 0.0164. The zero-order chi connectivity index (χ0) is 20.3. The van der Waals surface area contributed by atoms with E-state index in [1.807, 2.05) is 0 Å². The van der Waals surface area contributed by atoms with E-state index in [9.17, 15) is 14.0 Å². The van der Waals surface area contributed by atoms with Crippen molar-refractivity contribution in [3.63, 3.8) is 0 Å². The number of benzene rings is 1. The van der Waals surface area contributed by atoms with Crippen molar-refractivity contribution in [2.24, 2.45) is 0 Å². The minimum Gasteiger partial charge on any atom is -0.465 e. The molecule has 1 heterocycles. The number of aromatic nitrogens is 1. The average molecular weight is 406 g/mol. The highest BCUT2D eigenvalue weighted by Gasteiger charge is 2.33. The van der Waals surface area contributed by atoms with E-state index in [-0.39, 0.29) is 34.4 Å². The fraction of sp³-hybridized carbons (Fsp3) is 0.381. The summed E-state index contributed by atoms with van der Waals surface area (Å²) in [6, 6.07) is 5.51. The molecule has 1 aliphatic carbocycles. The SMILES string of the molecule is CCOC(=O)c1c(Cl)nc(C2CCCC2)c(C(=O)OC)c1-c1ccc(F)cc1. The van der Waals surface area contributed by atoms with Gasteiger partial charge in [-0.05, 0) is 37.5 Å². The van der Waals surface area contributed by atoms with Gasteiger partial charge >= 0.3 is 11.9 Å². The van der Waals surface area contributed by atoms with Crippen LogP contribution in [0.4, 0.5) is 4.39 Å². The van der Waals surface area contributed by atoms with Crippen molar-refractivity contribution in [2.75, 3.05) is 13.7 Å². The molecule has 28 heavy (non-hydrogen) atoms. The predicted octanol–water partition coefficient (Wildman–Crippen LogP) is 5.16. The van der Waals surface area contributed by atoms with Crippen LogP contribution in [-0.2, 0) is 9.47 Å². The molecule has 1 saturated carbocycles. The first kappa shape index (κ1) is 20.3. The van der Waals surface area contributed by atoms with Gasteiger partial charge in [0.05, 0.1) is 25.0 Å². The van der Waals surface area contributed by atoms with E-state index in [0.717, 1.165) is 25.7 Å². The summed E-state index contributed by atoms with van der Waals surface area (Å²) in [7, 11) is 1.27. The largest absolute Gasteiger partial charge is 0.465 e. The molecule has 0 spiro atoms. The van der Waals surface area contributed by atoms with Crippen LogP contribution in [0.3, 0.4) is 0 Å². The third-order valence-electron chi connectivity index (χ3n) is 4.92. The topological polar surface area (TPSA) is 65.5 Å². The maximum absolute atomic E-state index is 13.5. The number of esters is 2. The smallest absolute Gasteiger partial charge is 0.341 e. The Kier molecular flexibility index (Phi) is 6.29. The number of ether oxygens (including phenoxy) is 2. The number of carbonyl (C=O) groups excluding carboxylic acids is 2. The first-order chi connectivity index (χ1) is 13.5. The lowest BCUT2D eigenvalue weighted by Gasteiger charge is -2.20. The van der Waals surface area contributed by atoms with Crippen molar-refractivity contribution in [1.29, 1.82) is 0 Å². The highest BCUT2D eigenvalue weighted by molar-refractivity contribution is 6.33. The number of rotatable bonds is 5. The Hall–Kier alpha value is -2.47. The normalized spacial score (nSPS) is 14.1. The van der Waals surface area contributed by atoms with Gasteiger partial charge in [-0.2, -0.15) is 0 Å². The molecule has 2 aromatic rings. The molecule has 0 unspecified atom stereocenters. The Bertz CT molecular complexity index is 892. The van der Waals surface area contributed by atoms with Crippen molar-refractivity contribution in [2.45, 2.75) is 38.5 Å². The first-order valence-electron chi connectivity index (χ1n) is 9.22. The molecule has 7 heteroatoms. The second-order valence-corrected chi connectivity index (χ2v) is 6.97. The standard InChI is InChI=1S/C21H21ClFNO4/c1-3-28-21(26)17-15(12-8-10-14(23)11-9-12)16(20(25)27-2)18(24-19(17)22)13-6-4-5-7-13/h8-11,13H,3-7H2,1-2H3. The van der Waals surface area contributed by atoms with Crippen molar-refractivity contribution >= 4 is 23.5 Å². The molecular formula is C21H21ClFNO4. The maximum Gasteiger partial charge on any atom is 0.341 e. The summed E-state index contributed by atoms with van der Waals surface area (Å²) in [5, 5.41) is -0.0349. The summed E-state index contributed by atoms with van der Waals surface area (Å²) < 4.78 is 23.6. The Morgan fingerprint density at radius 3 is 2.36 bits per heavy atom. The molecule has 1 aromatic carbocycles. The highest BCUT2D eigenvalue weighted by Crippen LogP contribution is 2.41. The summed E-state index contributed by atoms with van der Waals surface area (Å²) in [6.45, 7) is 1.81. The predicted molar refractivity (Wildman–Crippen MR) is 103 cm³/mol. The van der Waals surface area contributed by atoms with E-state index in [1.54, 1.807) is 6.92 Å². The van der Waals surface area contributed by atoms with Crippen molar-refractivity contribution in [3.05, 3.63) is 52.1 Å². The monoisotopic (exact) mass is 405 g/mol. The Labute approximate surface area is 167 Å². The molecule has 1 aliphatic rings. The van der Waals surface area contributed by atoms with Crippen LogP contribution in [0.1, 0.15) is 64.9 Å². The van der Waals surface area contributed by atoms with Gasteiger partial charge in [0.1, 0.15) is 16.5 Å². The van der Waals surface area contributed by atoms with Gasteiger partial charge in [0.25, 0.3) is 0 Å². The lowest BCUT2D eigenvalue weighted by Crippen LogP contribution is -2.18. The van der Waals surface area contributed by atoms with E-state index < -0.39 is 17.8 Å². The number of halogens is 2. The van der Waals surface area contributed by atoms with Crippen LogP contribution < -0.4 is 0 Å². The van der Waals surface area contributed by atoms with Crippen LogP contribution in [0.15, 0.2) is 24.3 Å². The fourth-order valence-electron chi connectivity index (χ4n) is 3.67. The maximum atomic E-state index is 13.5. The van der Waals surface area contributed by atoms with Crippen molar-refractivity contribution in [3.8, 4) is 11.1 Å². The summed E-state index contributed by atoms with van der Waals surface area (Å²) in [6.07, 6.45) is 3.79. The van der Waals surface area contributed by atoms with E-state index in [2.05, 4.69) is 4.98 Å². The van der Waals surface area contributed by atoms with Gasteiger partial charge in [0.15, 0.2) is 0 Å². The second kappa shape index (κ2) is 8.69. The molecule has 0 atom stereocenters. The van der Waals surface area contributed by atoms with Gasteiger partial charge in [-0.15, -0.1) is 0 Å². The summed E-state index contributed by atoms with van der Waals surface area (Å²) in [5.74, 6) is -1.70. The van der Waals surface area contributed by atoms with Gasteiger partial charge in [0.2, 0.25) is 0 Å². The van der Waals surface area contributed by atoms with Gasteiger partial charge in [-0.25, -0.2) is 19.0 Å². The zero-order valence-electron chi connectivity index (χ0n) is 15.8. The first-order valence-corrected chi connectivity index (χ1v) is 9.60. The lowest BCUT2D eigenvalue weighted by atomic mass is 9.89. The number of hydrogen-bond acceptors (Lipinski definition) is 5. The van der Waals surface area contributed by atoms with E-state index in [0.29, 0.717) is 11.3 Å². The van der Waals surface area contributed by atoms with Crippen molar-refractivity contribution < 1.29 is 23.5 Å². The molecule has 1 fully saturated rings. The molecule has 5 nitrogen and oxygen atoms in total. The lowest BCUT2D eigenvalue weighted by molar-refractivity contribution is 0.0527. The molecule has 1 aromatic heterocycles. The summed E-state index contributed by atoms with van der Waals surface area (Å²) in [4.78, 5) is 29.8. The second-order valence-electron chi connectivity index (χ2n) is 6.61.